The highest BCUT2D eigenvalue weighted by atomic mass is 16.1. The normalized spacial score (nSPS) is 10.7. The highest BCUT2D eigenvalue weighted by molar-refractivity contribution is 5.94. The van der Waals surface area contributed by atoms with Crippen molar-refractivity contribution in [1.29, 1.82) is 0 Å². The molecule has 0 aliphatic carbocycles. The van der Waals surface area contributed by atoms with Crippen molar-refractivity contribution in [2.24, 2.45) is 0 Å². The molecule has 2 N–H and O–H groups in total. The number of rotatable bonds is 3. The highest BCUT2D eigenvalue weighted by Gasteiger charge is 2.08. The minimum absolute atomic E-state index is 0.0765. The Hall–Kier alpha value is -2.62. The van der Waals surface area contributed by atoms with Gasteiger partial charge in [0.15, 0.2) is 0 Å². The monoisotopic (exact) mass is 265 g/mol. The fraction of sp³-hybridized carbons (Fsp3) is 0.125. The van der Waals surface area contributed by atoms with Gasteiger partial charge in [-0.25, -0.2) is 0 Å². The first-order chi connectivity index (χ1) is 9.74. The lowest BCUT2D eigenvalue weighted by Crippen LogP contribution is -2.23. The number of aryl methyl sites for hydroxylation is 1. The molecule has 0 spiro atoms. The Balaban J connectivity index is 1.75. The zero-order valence-electron chi connectivity index (χ0n) is 11.2. The van der Waals surface area contributed by atoms with Gasteiger partial charge in [0, 0.05) is 10.9 Å². The molecular formula is C16H15N3O. The van der Waals surface area contributed by atoms with Crippen LogP contribution in [0.4, 0.5) is 0 Å². The fourth-order valence-electron chi connectivity index (χ4n) is 2.21. The summed E-state index contributed by atoms with van der Waals surface area (Å²) in [5, 5.41) is 11.1. The van der Waals surface area contributed by atoms with Crippen molar-refractivity contribution in [2.45, 2.75) is 13.5 Å². The molecule has 0 radical (unpaired) electrons. The smallest absolute Gasteiger partial charge is 0.251 e. The van der Waals surface area contributed by atoms with E-state index in [0.717, 1.165) is 22.2 Å². The predicted octanol–water partition coefficient (Wildman–Crippen LogP) is 2.80. The Labute approximate surface area is 116 Å². The van der Waals surface area contributed by atoms with Crippen LogP contribution in [0.2, 0.25) is 0 Å². The zero-order chi connectivity index (χ0) is 13.9. The number of amides is 1. The average molecular weight is 265 g/mol. The first-order valence-electron chi connectivity index (χ1n) is 6.51. The Bertz CT molecular complexity index is 761. The van der Waals surface area contributed by atoms with Crippen molar-refractivity contribution in [3.8, 4) is 0 Å². The van der Waals surface area contributed by atoms with Crippen LogP contribution in [0, 0.1) is 6.92 Å². The summed E-state index contributed by atoms with van der Waals surface area (Å²) in [6, 6.07) is 15.4. The molecule has 1 amide bonds. The minimum Gasteiger partial charge on any atom is -0.346 e. The molecule has 20 heavy (non-hydrogen) atoms. The third-order valence-electron chi connectivity index (χ3n) is 3.25. The van der Waals surface area contributed by atoms with Crippen LogP contribution in [-0.2, 0) is 6.54 Å². The lowest BCUT2D eigenvalue weighted by atomic mass is 10.1. The first kappa shape index (κ1) is 12.4. The molecular weight excluding hydrogens is 250 g/mol. The van der Waals surface area contributed by atoms with E-state index < -0.39 is 0 Å². The van der Waals surface area contributed by atoms with Gasteiger partial charge < -0.3 is 5.32 Å². The molecule has 4 nitrogen and oxygen atoms in total. The van der Waals surface area contributed by atoms with E-state index in [1.54, 1.807) is 0 Å². The summed E-state index contributed by atoms with van der Waals surface area (Å²) >= 11 is 0. The number of benzene rings is 2. The standard InChI is InChI=1S/C16H15N3O/c1-11-5-4-6-12(9-11)16(20)17-10-15-13-7-2-3-8-14(13)18-19-15/h2-9H,10H2,1H3,(H,17,20)(H,18,19). The Morgan fingerprint density at radius 1 is 1.20 bits per heavy atom. The van der Waals surface area contributed by atoms with Crippen LogP contribution >= 0.6 is 0 Å². The maximum Gasteiger partial charge on any atom is 0.251 e. The van der Waals surface area contributed by atoms with Gasteiger partial charge in [-0.1, -0.05) is 35.9 Å². The molecule has 3 rings (SSSR count). The molecule has 0 aliphatic rings. The largest absolute Gasteiger partial charge is 0.346 e. The number of nitrogens with one attached hydrogen (secondary N) is 2. The van der Waals surface area contributed by atoms with Crippen molar-refractivity contribution in [3.63, 3.8) is 0 Å². The highest BCUT2D eigenvalue weighted by Crippen LogP contribution is 2.14. The van der Waals surface area contributed by atoms with Crippen molar-refractivity contribution in [3.05, 3.63) is 65.4 Å². The molecule has 3 aromatic rings. The second kappa shape index (κ2) is 5.17. The van der Waals surface area contributed by atoms with Gasteiger partial charge >= 0.3 is 0 Å². The molecule has 0 saturated carbocycles. The van der Waals surface area contributed by atoms with E-state index in [2.05, 4.69) is 15.5 Å². The minimum atomic E-state index is -0.0765. The van der Waals surface area contributed by atoms with E-state index in [1.165, 1.54) is 0 Å². The van der Waals surface area contributed by atoms with E-state index >= 15 is 0 Å². The summed E-state index contributed by atoms with van der Waals surface area (Å²) in [6.45, 7) is 2.41. The van der Waals surface area contributed by atoms with Crippen molar-refractivity contribution in [2.75, 3.05) is 0 Å². The summed E-state index contributed by atoms with van der Waals surface area (Å²) < 4.78 is 0. The van der Waals surface area contributed by atoms with Crippen LogP contribution in [0.5, 0.6) is 0 Å². The molecule has 1 aromatic heterocycles. The molecule has 0 saturated heterocycles. The number of aromatic nitrogens is 2. The van der Waals surface area contributed by atoms with Gasteiger partial charge in [-0.05, 0) is 25.1 Å². The molecule has 0 fully saturated rings. The van der Waals surface area contributed by atoms with E-state index in [0.29, 0.717) is 12.1 Å². The molecule has 0 aliphatic heterocycles. The van der Waals surface area contributed by atoms with E-state index in [-0.39, 0.29) is 5.91 Å². The first-order valence-corrected chi connectivity index (χ1v) is 6.51. The van der Waals surface area contributed by atoms with Gasteiger partial charge in [0.2, 0.25) is 0 Å². The van der Waals surface area contributed by atoms with Gasteiger partial charge in [0.25, 0.3) is 5.91 Å². The number of H-pyrrole nitrogens is 1. The fourth-order valence-corrected chi connectivity index (χ4v) is 2.21. The number of hydrogen-bond acceptors (Lipinski definition) is 2. The lowest BCUT2D eigenvalue weighted by molar-refractivity contribution is 0.0950. The number of para-hydroxylation sites is 1. The van der Waals surface area contributed by atoms with Gasteiger partial charge in [-0.2, -0.15) is 5.10 Å². The van der Waals surface area contributed by atoms with Gasteiger partial charge in [-0.3, -0.25) is 9.89 Å². The molecule has 1 heterocycles. The van der Waals surface area contributed by atoms with Crippen LogP contribution in [0.3, 0.4) is 0 Å². The average Bonchev–Trinajstić information content (AvgIpc) is 2.88. The summed E-state index contributed by atoms with van der Waals surface area (Å²) in [7, 11) is 0. The second-order valence-corrected chi connectivity index (χ2v) is 4.77. The lowest BCUT2D eigenvalue weighted by Gasteiger charge is -2.05. The quantitative estimate of drug-likeness (QED) is 0.765. The molecule has 2 aromatic carbocycles. The van der Waals surface area contributed by atoms with Gasteiger partial charge in [0.05, 0.1) is 17.8 Å². The predicted molar refractivity (Wildman–Crippen MR) is 78.4 cm³/mol. The molecule has 0 atom stereocenters. The van der Waals surface area contributed by atoms with Crippen LogP contribution in [-0.4, -0.2) is 16.1 Å². The second-order valence-electron chi connectivity index (χ2n) is 4.77. The number of carbonyl (C=O) groups excluding carboxylic acids is 1. The van der Waals surface area contributed by atoms with E-state index in [4.69, 9.17) is 0 Å². The Morgan fingerprint density at radius 3 is 2.90 bits per heavy atom. The van der Waals surface area contributed by atoms with Crippen LogP contribution < -0.4 is 5.32 Å². The maximum atomic E-state index is 12.1. The summed E-state index contributed by atoms with van der Waals surface area (Å²) in [5.41, 5.74) is 3.58. The van der Waals surface area contributed by atoms with Crippen LogP contribution in [0.15, 0.2) is 48.5 Å². The Kier molecular flexibility index (Phi) is 3.21. The summed E-state index contributed by atoms with van der Waals surface area (Å²) in [5.74, 6) is -0.0765. The number of nitrogens with zero attached hydrogens (tertiary/aromatic N) is 1. The van der Waals surface area contributed by atoms with Crippen LogP contribution in [0.25, 0.3) is 10.9 Å². The topological polar surface area (TPSA) is 57.8 Å². The number of fused-ring (bicyclic) bond motifs is 1. The molecule has 100 valence electrons. The molecule has 4 heteroatoms. The Morgan fingerprint density at radius 2 is 2.05 bits per heavy atom. The summed E-state index contributed by atoms with van der Waals surface area (Å²) in [4.78, 5) is 12.1. The van der Waals surface area contributed by atoms with Crippen molar-refractivity contribution in [1.82, 2.24) is 15.5 Å². The third-order valence-corrected chi connectivity index (χ3v) is 3.25. The zero-order valence-corrected chi connectivity index (χ0v) is 11.2. The van der Waals surface area contributed by atoms with E-state index in [9.17, 15) is 4.79 Å². The summed E-state index contributed by atoms with van der Waals surface area (Å²) in [6.07, 6.45) is 0. The van der Waals surface area contributed by atoms with Crippen molar-refractivity contribution >= 4 is 16.8 Å². The third kappa shape index (κ3) is 2.40. The SMILES string of the molecule is Cc1cccc(C(=O)NCc2[nH]nc3ccccc23)c1. The number of hydrogen-bond donors (Lipinski definition) is 2. The number of carbonyl (C=O) groups is 1. The maximum absolute atomic E-state index is 12.1. The molecule has 0 bridgehead atoms. The van der Waals surface area contributed by atoms with E-state index in [1.807, 2.05) is 55.5 Å². The van der Waals surface area contributed by atoms with Crippen molar-refractivity contribution < 1.29 is 4.79 Å². The number of aromatic amines is 1. The molecule has 0 unspecified atom stereocenters. The van der Waals surface area contributed by atoms with Crippen LogP contribution in [0.1, 0.15) is 21.6 Å². The van der Waals surface area contributed by atoms with Gasteiger partial charge in [-0.15, -0.1) is 0 Å². The van der Waals surface area contributed by atoms with Gasteiger partial charge in [0.1, 0.15) is 0 Å².